The minimum Gasteiger partial charge on any atom is -0.455 e. The van der Waals surface area contributed by atoms with Crippen LogP contribution in [0.2, 0.25) is 0 Å². The van der Waals surface area contributed by atoms with Crippen LogP contribution in [-0.2, 0) is 6.42 Å². The van der Waals surface area contributed by atoms with Crippen LogP contribution in [0.25, 0.3) is 10.9 Å². The number of anilines is 1. The van der Waals surface area contributed by atoms with E-state index in [2.05, 4.69) is 16.8 Å². The van der Waals surface area contributed by atoms with Gasteiger partial charge in [-0.1, -0.05) is 18.2 Å². The van der Waals surface area contributed by atoms with Gasteiger partial charge in [0, 0.05) is 16.6 Å². The van der Waals surface area contributed by atoms with Gasteiger partial charge in [-0.25, -0.2) is 0 Å². The lowest BCUT2D eigenvalue weighted by molar-refractivity contribution is 0.480. The number of ether oxygens (including phenoxy) is 1. The molecule has 0 aliphatic carbocycles. The summed E-state index contributed by atoms with van der Waals surface area (Å²) in [5.74, 6) is 1.43. The molecule has 0 aliphatic rings. The van der Waals surface area contributed by atoms with Crippen molar-refractivity contribution in [3.8, 4) is 11.5 Å². The predicted octanol–water partition coefficient (Wildman–Crippen LogP) is 3.73. The minimum absolute atomic E-state index is 0.677. The Morgan fingerprint density at radius 2 is 2.00 bits per heavy atom. The third kappa shape index (κ3) is 2.69. The van der Waals surface area contributed by atoms with Gasteiger partial charge in [0.15, 0.2) is 5.75 Å². The van der Waals surface area contributed by atoms with E-state index in [1.807, 2.05) is 48.5 Å². The molecule has 1 heterocycles. The third-order valence-corrected chi connectivity index (χ3v) is 3.18. The van der Waals surface area contributed by atoms with Gasteiger partial charge in [0.05, 0.1) is 11.7 Å². The number of hydrogen-bond acceptors (Lipinski definition) is 4. The Bertz CT molecular complexity index is 794. The van der Waals surface area contributed by atoms with Gasteiger partial charge in [0.25, 0.3) is 0 Å². The van der Waals surface area contributed by atoms with Crippen molar-refractivity contribution in [1.82, 2.24) is 10.2 Å². The van der Waals surface area contributed by atoms with Gasteiger partial charge >= 0.3 is 0 Å². The van der Waals surface area contributed by atoms with Crippen molar-refractivity contribution in [2.75, 3.05) is 5.73 Å². The highest BCUT2D eigenvalue weighted by Gasteiger charge is 2.08. The van der Waals surface area contributed by atoms with Crippen molar-refractivity contribution in [3.63, 3.8) is 0 Å². The van der Waals surface area contributed by atoms with Crippen molar-refractivity contribution in [2.45, 2.75) is 6.42 Å². The maximum absolute atomic E-state index is 6.02. The Kier molecular flexibility index (Phi) is 3.51. The summed E-state index contributed by atoms with van der Waals surface area (Å²) in [6, 6.07) is 13.3. The fraction of sp³-hybridized carbons (Fsp3) is 0.0588. The lowest BCUT2D eigenvalue weighted by Gasteiger charge is -2.12. The first-order valence-corrected chi connectivity index (χ1v) is 6.65. The average molecular weight is 277 g/mol. The van der Waals surface area contributed by atoms with E-state index in [1.54, 1.807) is 6.20 Å². The Hall–Kier alpha value is -2.88. The topological polar surface area (TPSA) is 61.0 Å². The average Bonchev–Trinajstić information content (AvgIpc) is 2.50. The molecule has 21 heavy (non-hydrogen) atoms. The molecular formula is C17H15N3O. The van der Waals surface area contributed by atoms with Crippen molar-refractivity contribution < 1.29 is 4.74 Å². The summed E-state index contributed by atoms with van der Waals surface area (Å²) in [5.41, 5.74) is 8.33. The van der Waals surface area contributed by atoms with E-state index in [9.17, 15) is 0 Å². The zero-order valence-electron chi connectivity index (χ0n) is 11.5. The first kappa shape index (κ1) is 13.1. The van der Waals surface area contributed by atoms with E-state index in [0.29, 0.717) is 17.9 Å². The molecule has 0 saturated carbocycles. The molecule has 104 valence electrons. The Morgan fingerprint density at radius 1 is 1.14 bits per heavy atom. The molecule has 3 rings (SSSR count). The van der Waals surface area contributed by atoms with Gasteiger partial charge in [-0.3, -0.25) is 0 Å². The van der Waals surface area contributed by atoms with Crippen LogP contribution in [0.15, 0.2) is 61.3 Å². The quantitative estimate of drug-likeness (QED) is 0.583. The number of hydrogen-bond donors (Lipinski definition) is 1. The summed E-state index contributed by atoms with van der Waals surface area (Å²) in [7, 11) is 0. The number of benzene rings is 2. The van der Waals surface area contributed by atoms with Crippen LogP contribution < -0.4 is 10.5 Å². The standard InChI is InChI=1S/C17H15N3O/c1-2-5-12-10-13(18)8-9-16(12)21-17-11-19-20-15-7-4-3-6-14(15)17/h2-4,6-11H,1,5,18H2. The molecule has 4 nitrogen and oxygen atoms in total. The number of fused-ring (bicyclic) bond motifs is 1. The van der Waals surface area contributed by atoms with Crippen molar-refractivity contribution >= 4 is 16.6 Å². The highest BCUT2D eigenvalue weighted by molar-refractivity contribution is 5.84. The van der Waals surface area contributed by atoms with E-state index in [4.69, 9.17) is 10.5 Å². The van der Waals surface area contributed by atoms with E-state index in [1.165, 1.54) is 0 Å². The zero-order chi connectivity index (χ0) is 14.7. The molecule has 2 N–H and O–H groups in total. The smallest absolute Gasteiger partial charge is 0.157 e. The normalized spacial score (nSPS) is 10.5. The van der Waals surface area contributed by atoms with Crippen molar-refractivity contribution in [3.05, 3.63) is 66.9 Å². The van der Waals surface area contributed by atoms with Gasteiger partial charge in [-0.05, 0) is 36.8 Å². The molecule has 0 aliphatic heterocycles. The van der Waals surface area contributed by atoms with E-state index >= 15 is 0 Å². The van der Waals surface area contributed by atoms with Crippen LogP contribution in [-0.4, -0.2) is 10.2 Å². The molecule has 3 aromatic rings. The summed E-state index contributed by atoms with van der Waals surface area (Å²) in [6.45, 7) is 3.76. The SMILES string of the molecule is C=CCc1cc(N)ccc1Oc1cnnc2ccccc12. The molecular weight excluding hydrogens is 262 g/mol. The molecule has 0 fully saturated rings. The molecule has 0 radical (unpaired) electrons. The van der Waals surface area contributed by atoms with Crippen LogP contribution in [0.4, 0.5) is 5.69 Å². The zero-order valence-corrected chi connectivity index (χ0v) is 11.5. The van der Waals surface area contributed by atoms with E-state index in [0.717, 1.165) is 22.2 Å². The number of nitrogen functional groups attached to an aromatic ring is 1. The van der Waals surface area contributed by atoms with Crippen molar-refractivity contribution in [2.24, 2.45) is 0 Å². The number of allylic oxidation sites excluding steroid dienone is 1. The maximum Gasteiger partial charge on any atom is 0.157 e. The van der Waals surface area contributed by atoms with Crippen LogP contribution in [0.5, 0.6) is 11.5 Å². The molecule has 0 saturated heterocycles. The second-order valence-corrected chi connectivity index (χ2v) is 4.69. The second-order valence-electron chi connectivity index (χ2n) is 4.69. The fourth-order valence-corrected chi connectivity index (χ4v) is 2.20. The second kappa shape index (κ2) is 5.63. The highest BCUT2D eigenvalue weighted by atomic mass is 16.5. The van der Waals surface area contributed by atoms with Crippen molar-refractivity contribution in [1.29, 1.82) is 0 Å². The molecule has 2 aromatic carbocycles. The highest BCUT2D eigenvalue weighted by Crippen LogP contribution is 2.31. The number of aromatic nitrogens is 2. The summed E-state index contributed by atoms with van der Waals surface area (Å²) < 4.78 is 6.02. The summed E-state index contributed by atoms with van der Waals surface area (Å²) in [5, 5.41) is 9.00. The first-order valence-electron chi connectivity index (χ1n) is 6.65. The minimum atomic E-state index is 0.677. The third-order valence-electron chi connectivity index (χ3n) is 3.18. The largest absolute Gasteiger partial charge is 0.455 e. The Labute approximate surface area is 122 Å². The number of nitrogens with zero attached hydrogens (tertiary/aromatic N) is 2. The monoisotopic (exact) mass is 277 g/mol. The molecule has 0 atom stereocenters. The molecule has 0 spiro atoms. The summed E-state index contributed by atoms with van der Waals surface area (Å²) in [4.78, 5) is 0. The molecule has 4 heteroatoms. The fourth-order valence-electron chi connectivity index (χ4n) is 2.20. The summed E-state index contributed by atoms with van der Waals surface area (Å²) >= 11 is 0. The van der Waals surface area contributed by atoms with Crippen LogP contribution in [0.1, 0.15) is 5.56 Å². The Morgan fingerprint density at radius 3 is 2.86 bits per heavy atom. The first-order chi connectivity index (χ1) is 10.3. The van der Waals surface area contributed by atoms with Gasteiger partial charge in [0.1, 0.15) is 5.75 Å². The van der Waals surface area contributed by atoms with Crippen LogP contribution >= 0.6 is 0 Å². The molecule has 0 amide bonds. The molecule has 1 aromatic heterocycles. The van der Waals surface area contributed by atoms with E-state index in [-0.39, 0.29) is 0 Å². The molecule has 0 bridgehead atoms. The lowest BCUT2D eigenvalue weighted by atomic mass is 10.1. The van der Waals surface area contributed by atoms with E-state index < -0.39 is 0 Å². The van der Waals surface area contributed by atoms with Crippen LogP contribution in [0.3, 0.4) is 0 Å². The van der Waals surface area contributed by atoms with Gasteiger partial charge < -0.3 is 10.5 Å². The molecule has 0 unspecified atom stereocenters. The Balaban J connectivity index is 2.04. The van der Waals surface area contributed by atoms with Gasteiger partial charge in [-0.2, -0.15) is 10.2 Å². The van der Waals surface area contributed by atoms with Crippen LogP contribution in [0, 0.1) is 0 Å². The lowest BCUT2D eigenvalue weighted by Crippen LogP contribution is -1.95. The predicted molar refractivity (Wildman–Crippen MR) is 84.4 cm³/mol. The number of rotatable bonds is 4. The van der Waals surface area contributed by atoms with Gasteiger partial charge in [0.2, 0.25) is 0 Å². The number of nitrogens with two attached hydrogens (primary N) is 1. The summed E-state index contributed by atoms with van der Waals surface area (Å²) in [6.07, 6.45) is 4.14. The maximum atomic E-state index is 6.02. The van der Waals surface area contributed by atoms with Gasteiger partial charge in [-0.15, -0.1) is 6.58 Å².